The molecule has 4 aromatic carbocycles. The molecule has 0 N–H and O–H groups in total. The van der Waals surface area contributed by atoms with Gasteiger partial charge in [-0.3, -0.25) is 0 Å². The Hall–Kier alpha value is -3.24. The fourth-order valence-electron chi connectivity index (χ4n) is 4.02. The highest BCUT2D eigenvalue weighted by atomic mass is 32.2. The third-order valence-electron chi connectivity index (χ3n) is 6.19. The van der Waals surface area contributed by atoms with Crippen LogP contribution < -0.4 is 4.74 Å². The Bertz CT molecular complexity index is 1560. The zero-order valence-corrected chi connectivity index (χ0v) is 22.5. The van der Waals surface area contributed by atoms with Gasteiger partial charge in [-0.25, -0.2) is 21.1 Å². The van der Waals surface area contributed by atoms with E-state index in [4.69, 9.17) is 4.74 Å². The van der Waals surface area contributed by atoms with Crippen molar-refractivity contribution in [2.45, 2.75) is 16.2 Å². The molecule has 0 unspecified atom stereocenters. The molecule has 0 saturated heterocycles. The molecule has 0 aliphatic carbocycles. The number of sulfonamides is 2. The molecule has 0 aromatic heterocycles. The highest BCUT2D eigenvalue weighted by molar-refractivity contribution is 7.89. The van der Waals surface area contributed by atoms with E-state index in [1.807, 2.05) is 48.5 Å². The fourth-order valence-corrected chi connectivity index (χ4v) is 6.75. The van der Waals surface area contributed by atoms with E-state index in [0.29, 0.717) is 29.5 Å². The molecule has 0 spiro atoms. The van der Waals surface area contributed by atoms with Gasteiger partial charge in [-0.1, -0.05) is 72.8 Å². The second-order valence-corrected chi connectivity index (χ2v) is 12.7. The van der Waals surface area contributed by atoms with Gasteiger partial charge in [0.25, 0.3) is 0 Å². The Morgan fingerprint density at radius 1 is 0.595 bits per heavy atom. The van der Waals surface area contributed by atoms with Crippen molar-refractivity contribution in [1.82, 2.24) is 8.61 Å². The first-order chi connectivity index (χ1) is 17.7. The molecule has 9 heteroatoms. The zero-order valence-electron chi connectivity index (χ0n) is 20.8. The molecular weight excluding hydrogens is 508 g/mol. The number of hydrogen-bond donors (Lipinski definition) is 0. The molecule has 0 aliphatic rings. The standard InChI is InChI=1S/C28H30N2O5S2/c1-29(20-19-23-11-5-3-6-12-23)36(31,32)27-17-9-16-26-25(27)15-10-18-28(26)37(33,34)30(2)21-22-35-24-13-7-4-8-14-24/h3-18H,19-22H2,1-2H3. The third kappa shape index (κ3) is 6.02. The quantitative estimate of drug-likeness (QED) is 0.283. The number of fused-ring (bicyclic) bond motifs is 1. The van der Waals surface area contributed by atoms with Gasteiger partial charge in [-0.05, 0) is 36.2 Å². The minimum Gasteiger partial charge on any atom is -0.492 e. The highest BCUT2D eigenvalue weighted by Crippen LogP contribution is 2.31. The third-order valence-corrected chi connectivity index (χ3v) is 10.0. The van der Waals surface area contributed by atoms with E-state index >= 15 is 0 Å². The first-order valence-corrected chi connectivity index (χ1v) is 14.8. The zero-order chi connectivity index (χ0) is 26.5. The molecule has 0 aliphatic heterocycles. The second kappa shape index (κ2) is 11.4. The van der Waals surface area contributed by atoms with Crippen LogP contribution in [0.3, 0.4) is 0 Å². The van der Waals surface area contributed by atoms with Crippen LogP contribution in [0.4, 0.5) is 0 Å². The first kappa shape index (κ1) is 26.8. The summed E-state index contributed by atoms with van der Waals surface area (Å²) in [6.07, 6.45) is 0.566. The van der Waals surface area contributed by atoms with Crippen LogP contribution in [-0.4, -0.2) is 59.2 Å². The molecule has 0 saturated carbocycles. The summed E-state index contributed by atoms with van der Waals surface area (Å²) in [5.41, 5.74) is 1.04. The lowest BCUT2D eigenvalue weighted by atomic mass is 10.1. The maximum atomic E-state index is 13.5. The molecule has 4 aromatic rings. The van der Waals surface area contributed by atoms with Crippen LogP contribution in [0.2, 0.25) is 0 Å². The van der Waals surface area contributed by atoms with Gasteiger partial charge >= 0.3 is 0 Å². The van der Waals surface area contributed by atoms with E-state index in [9.17, 15) is 16.8 Å². The van der Waals surface area contributed by atoms with Gasteiger partial charge in [0.2, 0.25) is 20.0 Å². The SMILES string of the molecule is CN(CCOc1ccccc1)S(=O)(=O)c1cccc2c(S(=O)(=O)N(C)CCc3ccccc3)cccc12. The van der Waals surface area contributed by atoms with E-state index < -0.39 is 20.0 Å². The minimum atomic E-state index is -3.90. The molecule has 0 atom stereocenters. The summed E-state index contributed by atoms with van der Waals surface area (Å²) in [7, 11) is -4.74. The monoisotopic (exact) mass is 538 g/mol. The lowest BCUT2D eigenvalue weighted by molar-refractivity contribution is 0.287. The average molecular weight is 539 g/mol. The van der Waals surface area contributed by atoms with Crippen molar-refractivity contribution < 1.29 is 21.6 Å². The summed E-state index contributed by atoms with van der Waals surface area (Å²) in [6.45, 7) is 0.606. The topological polar surface area (TPSA) is 84.0 Å². The van der Waals surface area contributed by atoms with Gasteiger partial charge in [0, 0.05) is 38.0 Å². The lowest BCUT2D eigenvalue weighted by Crippen LogP contribution is -2.31. The largest absolute Gasteiger partial charge is 0.492 e. The van der Waals surface area contributed by atoms with Crippen molar-refractivity contribution in [2.75, 3.05) is 33.8 Å². The molecule has 0 fully saturated rings. The van der Waals surface area contributed by atoms with E-state index in [1.165, 1.54) is 34.8 Å². The van der Waals surface area contributed by atoms with E-state index in [0.717, 1.165) is 5.56 Å². The van der Waals surface area contributed by atoms with Crippen LogP contribution in [0.25, 0.3) is 10.8 Å². The smallest absolute Gasteiger partial charge is 0.243 e. The number of likely N-dealkylation sites (N-methyl/N-ethyl adjacent to an activating group) is 2. The molecule has 0 radical (unpaired) electrons. The van der Waals surface area contributed by atoms with Crippen LogP contribution in [-0.2, 0) is 26.5 Å². The van der Waals surface area contributed by atoms with E-state index in [1.54, 1.807) is 36.4 Å². The number of rotatable bonds is 11. The molecule has 37 heavy (non-hydrogen) atoms. The summed E-state index contributed by atoms with van der Waals surface area (Å²) in [5.74, 6) is 0.657. The molecule has 7 nitrogen and oxygen atoms in total. The van der Waals surface area contributed by atoms with Crippen molar-refractivity contribution >= 4 is 30.8 Å². The van der Waals surface area contributed by atoms with Gasteiger partial charge < -0.3 is 4.74 Å². The Balaban J connectivity index is 1.58. The Morgan fingerprint density at radius 3 is 1.62 bits per heavy atom. The Morgan fingerprint density at radius 2 is 1.08 bits per heavy atom. The van der Waals surface area contributed by atoms with Gasteiger partial charge in [0.15, 0.2) is 0 Å². The fraction of sp³-hybridized carbons (Fsp3) is 0.214. The summed E-state index contributed by atoms with van der Waals surface area (Å²) in [6, 6.07) is 28.3. The van der Waals surface area contributed by atoms with Crippen LogP contribution in [0, 0.1) is 0 Å². The second-order valence-electron chi connectivity index (χ2n) is 8.66. The van der Waals surface area contributed by atoms with Gasteiger partial charge in [-0.2, -0.15) is 4.31 Å². The summed E-state index contributed by atoms with van der Waals surface area (Å²) in [4.78, 5) is 0.129. The van der Waals surface area contributed by atoms with Crippen molar-refractivity contribution in [3.63, 3.8) is 0 Å². The number of nitrogens with zero attached hydrogens (tertiary/aromatic N) is 2. The van der Waals surface area contributed by atoms with Crippen molar-refractivity contribution in [1.29, 1.82) is 0 Å². The molecule has 0 amide bonds. The average Bonchev–Trinajstić information content (AvgIpc) is 2.92. The maximum Gasteiger partial charge on any atom is 0.243 e. The normalized spacial score (nSPS) is 12.3. The molecule has 4 rings (SSSR count). The number of hydrogen-bond acceptors (Lipinski definition) is 5. The van der Waals surface area contributed by atoms with Crippen LogP contribution in [0.5, 0.6) is 5.75 Å². The molecule has 194 valence electrons. The maximum absolute atomic E-state index is 13.5. The Kier molecular flexibility index (Phi) is 8.29. The Labute approximate surface area is 219 Å². The van der Waals surface area contributed by atoms with E-state index in [2.05, 4.69) is 0 Å². The van der Waals surface area contributed by atoms with Gasteiger partial charge in [0.1, 0.15) is 12.4 Å². The predicted molar refractivity (Wildman–Crippen MR) is 146 cm³/mol. The van der Waals surface area contributed by atoms with Crippen molar-refractivity contribution in [3.05, 3.63) is 103 Å². The van der Waals surface area contributed by atoms with Crippen molar-refractivity contribution in [2.24, 2.45) is 0 Å². The van der Waals surface area contributed by atoms with Crippen LogP contribution in [0.1, 0.15) is 5.56 Å². The molecule has 0 heterocycles. The van der Waals surface area contributed by atoms with E-state index in [-0.39, 0.29) is 22.9 Å². The number of benzene rings is 4. The number of ether oxygens (including phenoxy) is 1. The van der Waals surface area contributed by atoms with Gasteiger partial charge in [0.05, 0.1) is 9.79 Å². The van der Waals surface area contributed by atoms with Crippen LogP contribution >= 0.6 is 0 Å². The lowest BCUT2D eigenvalue weighted by Gasteiger charge is -2.21. The first-order valence-electron chi connectivity index (χ1n) is 11.9. The summed E-state index contributed by atoms with van der Waals surface area (Å²) in [5, 5.41) is 0.722. The number of para-hydroxylation sites is 1. The van der Waals surface area contributed by atoms with Gasteiger partial charge in [-0.15, -0.1) is 0 Å². The van der Waals surface area contributed by atoms with Crippen molar-refractivity contribution in [3.8, 4) is 5.75 Å². The molecule has 0 bridgehead atoms. The van der Waals surface area contributed by atoms with Crippen LogP contribution in [0.15, 0.2) is 107 Å². The summed E-state index contributed by atoms with van der Waals surface area (Å²) < 4.78 is 62.1. The highest BCUT2D eigenvalue weighted by Gasteiger charge is 2.27. The predicted octanol–water partition coefficient (Wildman–Crippen LogP) is 4.40. The minimum absolute atomic E-state index is 0.0520. The summed E-state index contributed by atoms with van der Waals surface area (Å²) >= 11 is 0. The molecular formula is C28H30N2O5S2.